The van der Waals surface area contributed by atoms with Crippen LogP contribution in [0.2, 0.25) is 5.02 Å². The van der Waals surface area contributed by atoms with E-state index in [1.165, 1.54) is 16.7 Å². The molecule has 1 atom stereocenters. The Kier molecular flexibility index (Phi) is 5.21. The molecule has 0 aliphatic heterocycles. The van der Waals surface area contributed by atoms with E-state index in [2.05, 4.69) is 49.6 Å². The van der Waals surface area contributed by atoms with Gasteiger partial charge in [-0.15, -0.1) is 0 Å². The fraction of sp³-hybridized carbons (Fsp3) is 0.235. The number of anilines is 1. The summed E-state index contributed by atoms with van der Waals surface area (Å²) in [6, 6.07) is 14.1. The van der Waals surface area contributed by atoms with Crippen molar-refractivity contribution in [3.63, 3.8) is 0 Å². The molecule has 21 heavy (non-hydrogen) atoms. The summed E-state index contributed by atoms with van der Waals surface area (Å²) in [5.41, 5.74) is 4.66. The van der Waals surface area contributed by atoms with Crippen LogP contribution in [0, 0.1) is 13.8 Å². The third-order valence-electron chi connectivity index (χ3n) is 3.32. The predicted octanol–water partition coefficient (Wildman–Crippen LogP) is 5.00. The highest BCUT2D eigenvalue weighted by molar-refractivity contribution is 7.80. The monoisotopic (exact) mass is 318 g/mol. The van der Waals surface area contributed by atoms with Crippen LogP contribution in [0.5, 0.6) is 0 Å². The van der Waals surface area contributed by atoms with Gasteiger partial charge in [0.25, 0.3) is 0 Å². The molecule has 0 aliphatic rings. The molecule has 0 unspecified atom stereocenters. The van der Waals surface area contributed by atoms with Crippen LogP contribution in [0.4, 0.5) is 5.69 Å². The molecule has 110 valence electrons. The zero-order valence-corrected chi connectivity index (χ0v) is 14.0. The van der Waals surface area contributed by atoms with Gasteiger partial charge in [0.15, 0.2) is 5.11 Å². The Morgan fingerprint density at radius 3 is 2.57 bits per heavy atom. The lowest BCUT2D eigenvalue weighted by atomic mass is 10.0. The lowest BCUT2D eigenvalue weighted by Gasteiger charge is -2.19. The molecule has 2 rings (SSSR count). The van der Waals surface area contributed by atoms with E-state index in [1.807, 2.05) is 24.3 Å². The highest BCUT2D eigenvalue weighted by Gasteiger charge is 2.09. The minimum absolute atomic E-state index is 0.143. The van der Waals surface area contributed by atoms with Gasteiger partial charge in [-0.05, 0) is 62.3 Å². The Hall–Kier alpha value is -1.58. The molecule has 0 fully saturated rings. The zero-order valence-electron chi connectivity index (χ0n) is 12.4. The fourth-order valence-corrected chi connectivity index (χ4v) is 2.80. The molecule has 2 nitrogen and oxygen atoms in total. The minimum Gasteiger partial charge on any atom is -0.356 e. The number of nitrogens with one attached hydrogen (secondary N) is 2. The molecule has 0 radical (unpaired) electrons. The Balaban J connectivity index is 2.02. The number of hydrogen-bond acceptors (Lipinski definition) is 1. The van der Waals surface area contributed by atoms with Crippen LogP contribution in [-0.4, -0.2) is 5.11 Å². The summed E-state index contributed by atoms with van der Waals surface area (Å²) in [4.78, 5) is 0. The zero-order chi connectivity index (χ0) is 15.4. The summed E-state index contributed by atoms with van der Waals surface area (Å²) in [5.74, 6) is 0. The first kappa shape index (κ1) is 15.8. The number of benzene rings is 2. The fourth-order valence-electron chi connectivity index (χ4n) is 2.32. The van der Waals surface area contributed by atoms with E-state index in [4.69, 9.17) is 23.8 Å². The third kappa shape index (κ3) is 4.45. The molecule has 0 aromatic heterocycles. The van der Waals surface area contributed by atoms with Gasteiger partial charge in [0.1, 0.15) is 0 Å². The molecular weight excluding hydrogens is 300 g/mol. The van der Waals surface area contributed by atoms with Crippen LogP contribution < -0.4 is 10.6 Å². The molecule has 0 aliphatic carbocycles. The Morgan fingerprint density at radius 2 is 1.90 bits per heavy atom. The van der Waals surface area contributed by atoms with Gasteiger partial charge >= 0.3 is 0 Å². The number of rotatable bonds is 3. The smallest absolute Gasteiger partial charge is 0.171 e. The van der Waals surface area contributed by atoms with Crippen molar-refractivity contribution in [3.8, 4) is 0 Å². The average molecular weight is 319 g/mol. The first-order chi connectivity index (χ1) is 9.95. The van der Waals surface area contributed by atoms with Gasteiger partial charge in [0.05, 0.1) is 6.04 Å². The van der Waals surface area contributed by atoms with Crippen molar-refractivity contribution in [3.05, 3.63) is 64.2 Å². The van der Waals surface area contributed by atoms with Crippen molar-refractivity contribution in [2.75, 3.05) is 5.32 Å². The highest BCUT2D eigenvalue weighted by Crippen LogP contribution is 2.19. The van der Waals surface area contributed by atoms with Crippen LogP contribution >= 0.6 is 23.8 Å². The van der Waals surface area contributed by atoms with E-state index < -0.39 is 0 Å². The molecule has 0 spiro atoms. The maximum Gasteiger partial charge on any atom is 0.171 e. The lowest BCUT2D eigenvalue weighted by Crippen LogP contribution is -2.31. The van der Waals surface area contributed by atoms with Crippen molar-refractivity contribution < 1.29 is 0 Å². The number of hydrogen-bond donors (Lipinski definition) is 2. The molecule has 0 heterocycles. The lowest BCUT2D eigenvalue weighted by molar-refractivity contribution is 0.717. The molecule has 0 saturated heterocycles. The molecular formula is C17H19ClN2S. The van der Waals surface area contributed by atoms with E-state index >= 15 is 0 Å². The summed E-state index contributed by atoms with van der Waals surface area (Å²) >= 11 is 11.3. The quantitative estimate of drug-likeness (QED) is 0.778. The number of halogens is 1. The largest absolute Gasteiger partial charge is 0.356 e. The van der Waals surface area contributed by atoms with E-state index in [0.29, 0.717) is 10.1 Å². The minimum atomic E-state index is 0.143. The van der Waals surface area contributed by atoms with Gasteiger partial charge < -0.3 is 10.6 Å². The maximum atomic E-state index is 5.96. The van der Waals surface area contributed by atoms with Gasteiger partial charge in [0, 0.05) is 10.7 Å². The molecule has 2 aromatic carbocycles. The Labute approximate surface area is 136 Å². The first-order valence-electron chi connectivity index (χ1n) is 6.86. The van der Waals surface area contributed by atoms with Gasteiger partial charge in [-0.25, -0.2) is 0 Å². The van der Waals surface area contributed by atoms with Crippen molar-refractivity contribution in [2.45, 2.75) is 26.8 Å². The summed E-state index contributed by atoms with van der Waals surface area (Å²) < 4.78 is 0. The second kappa shape index (κ2) is 6.92. The van der Waals surface area contributed by atoms with Gasteiger partial charge in [-0.1, -0.05) is 41.4 Å². The van der Waals surface area contributed by atoms with Crippen molar-refractivity contribution in [1.82, 2.24) is 5.32 Å². The summed E-state index contributed by atoms with van der Waals surface area (Å²) in [7, 11) is 0. The van der Waals surface area contributed by atoms with Gasteiger partial charge in [-0.2, -0.15) is 0 Å². The summed E-state index contributed by atoms with van der Waals surface area (Å²) in [6.07, 6.45) is 0. The molecule has 2 N–H and O–H groups in total. The van der Waals surface area contributed by atoms with Gasteiger partial charge in [0.2, 0.25) is 0 Å². The normalized spacial score (nSPS) is 11.8. The average Bonchev–Trinajstić information content (AvgIpc) is 2.38. The summed E-state index contributed by atoms with van der Waals surface area (Å²) in [5, 5.41) is 7.72. The SMILES string of the molecule is Cc1ccc([C@@H](C)NC(=S)Nc2cccc(Cl)c2)c(C)c1. The number of aryl methyl sites for hydroxylation is 2. The second-order valence-corrected chi connectivity index (χ2v) is 6.04. The molecule has 0 amide bonds. The third-order valence-corrected chi connectivity index (χ3v) is 3.78. The van der Waals surface area contributed by atoms with Crippen LogP contribution in [0.25, 0.3) is 0 Å². The van der Waals surface area contributed by atoms with Crippen molar-refractivity contribution >= 4 is 34.6 Å². The molecule has 2 aromatic rings. The summed E-state index contributed by atoms with van der Waals surface area (Å²) in [6.45, 7) is 6.32. The van der Waals surface area contributed by atoms with Crippen molar-refractivity contribution in [1.29, 1.82) is 0 Å². The van der Waals surface area contributed by atoms with Crippen molar-refractivity contribution in [2.24, 2.45) is 0 Å². The highest BCUT2D eigenvalue weighted by atomic mass is 35.5. The van der Waals surface area contributed by atoms with Crippen LogP contribution in [0.1, 0.15) is 29.7 Å². The first-order valence-corrected chi connectivity index (χ1v) is 7.64. The molecule has 0 saturated carbocycles. The van der Waals surface area contributed by atoms with Crippen LogP contribution in [-0.2, 0) is 0 Å². The topological polar surface area (TPSA) is 24.1 Å². The number of thiocarbonyl (C=S) groups is 1. The molecule has 4 heteroatoms. The van der Waals surface area contributed by atoms with Gasteiger partial charge in [-0.3, -0.25) is 0 Å². The van der Waals surface area contributed by atoms with E-state index in [-0.39, 0.29) is 6.04 Å². The Morgan fingerprint density at radius 1 is 1.14 bits per heavy atom. The molecule has 0 bridgehead atoms. The standard InChI is InChI=1S/C17H19ClN2S/c1-11-7-8-16(12(2)9-11)13(3)19-17(21)20-15-6-4-5-14(18)10-15/h4-10,13H,1-3H3,(H2,19,20,21)/t13-/m1/s1. The van der Waals surface area contributed by atoms with E-state index in [9.17, 15) is 0 Å². The maximum absolute atomic E-state index is 5.96. The van der Waals surface area contributed by atoms with Crippen LogP contribution in [0.15, 0.2) is 42.5 Å². The second-order valence-electron chi connectivity index (χ2n) is 5.19. The van der Waals surface area contributed by atoms with E-state index in [1.54, 1.807) is 0 Å². The predicted molar refractivity (Wildman–Crippen MR) is 95.1 cm³/mol. The van der Waals surface area contributed by atoms with E-state index in [0.717, 1.165) is 5.69 Å². The Bertz CT molecular complexity index is 655. The van der Waals surface area contributed by atoms with Crippen LogP contribution in [0.3, 0.4) is 0 Å².